The molecule has 0 saturated carbocycles. The topological polar surface area (TPSA) is 95.9 Å². The van der Waals surface area contributed by atoms with Gasteiger partial charge in [0.25, 0.3) is 5.91 Å². The summed E-state index contributed by atoms with van der Waals surface area (Å²) in [6.45, 7) is 3.63. The first-order chi connectivity index (χ1) is 12.5. The number of nitrogens with one attached hydrogen (secondary N) is 1. The third kappa shape index (κ3) is 5.19. The number of aliphatic hydroxyl groups excluding tert-OH is 1. The van der Waals surface area contributed by atoms with Gasteiger partial charge < -0.3 is 20.3 Å². The molecule has 136 valence electrons. The molecule has 0 unspecified atom stereocenters. The molecule has 2 aromatic carbocycles. The lowest BCUT2D eigenvalue weighted by Gasteiger charge is -2.15. The lowest BCUT2D eigenvalue weighted by molar-refractivity contribution is 0.0689. The van der Waals surface area contributed by atoms with E-state index in [9.17, 15) is 14.7 Å². The zero-order valence-corrected chi connectivity index (χ0v) is 14.2. The summed E-state index contributed by atoms with van der Waals surface area (Å²) in [5, 5.41) is 21.7. The van der Waals surface area contributed by atoms with Gasteiger partial charge in [0, 0.05) is 6.54 Å². The van der Waals surface area contributed by atoms with Crippen molar-refractivity contribution in [2.45, 2.75) is 12.5 Å². The summed E-state index contributed by atoms with van der Waals surface area (Å²) in [5.41, 5.74) is 0.910. The van der Waals surface area contributed by atoms with E-state index in [1.165, 1.54) is 12.1 Å². The van der Waals surface area contributed by atoms with E-state index in [1.807, 2.05) is 18.2 Å². The van der Waals surface area contributed by atoms with Gasteiger partial charge in [-0.2, -0.15) is 0 Å². The third-order valence-electron chi connectivity index (χ3n) is 3.67. The fourth-order valence-corrected chi connectivity index (χ4v) is 2.39. The van der Waals surface area contributed by atoms with Crippen LogP contribution < -0.4 is 10.1 Å². The molecule has 1 atom stereocenters. The van der Waals surface area contributed by atoms with E-state index in [1.54, 1.807) is 24.3 Å². The summed E-state index contributed by atoms with van der Waals surface area (Å²) in [5.74, 6) is -1.10. The van der Waals surface area contributed by atoms with Crippen LogP contribution in [0, 0.1) is 0 Å². The van der Waals surface area contributed by atoms with Crippen LogP contribution in [0.1, 0.15) is 26.3 Å². The Hall–Kier alpha value is -3.12. The average Bonchev–Trinajstić information content (AvgIpc) is 2.65. The van der Waals surface area contributed by atoms with Crippen molar-refractivity contribution in [3.05, 3.63) is 77.9 Å². The smallest absolute Gasteiger partial charge is 0.336 e. The highest BCUT2D eigenvalue weighted by molar-refractivity contribution is 6.04. The minimum Gasteiger partial charge on any atom is -0.491 e. The van der Waals surface area contributed by atoms with Crippen molar-refractivity contribution < 1.29 is 24.5 Å². The molecule has 0 aromatic heterocycles. The van der Waals surface area contributed by atoms with Crippen LogP contribution in [-0.2, 0) is 6.42 Å². The van der Waals surface area contributed by atoms with Crippen molar-refractivity contribution in [2.75, 3.05) is 13.2 Å². The lowest BCUT2D eigenvalue weighted by Crippen LogP contribution is -2.36. The summed E-state index contributed by atoms with van der Waals surface area (Å²) in [6.07, 6.45) is 1.47. The number of carbonyl (C=O) groups is 2. The summed E-state index contributed by atoms with van der Waals surface area (Å²) in [7, 11) is 0. The number of aliphatic hydroxyl groups is 1. The highest BCUT2D eigenvalue weighted by Gasteiger charge is 2.16. The molecule has 0 heterocycles. The van der Waals surface area contributed by atoms with Crippen LogP contribution >= 0.6 is 0 Å². The number of rotatable bonds is 9. The first-order valence-corrected chi connectivity index (χ1v) is 8.13. The molecule has 0 aliphatic heterocycles. The van der Waals surface area contributed by atoms with Crippen molar-refractivity contribution >= 4 is 11.9 Å². The second kappa shape index (κ2) is 9.39. The molecular formula is C20H21NO5. The number of amides is 1. The molecule has 2 aromatic rings. The Labute approximate surface area is 151 Å². The Morgan fingerprint density at radius 1 is 1.12 bits per heavy atom. The van der Waals surface area contributed by atoms with Gasteiger partial charge in [-0.05, 0) is 30.2 Å². The van der Waals surface area contributed by atoms with Gasteiger partial charge >= 0.3 is 5.97 Å². The first-order valence-electron chi connectivity index (χ1n) is 8.13. The number of allylic oxidation sites excluding steroid dienone is 1. The zero-order valence-electron chi connectivity index (χ0n) is 14.2. The molecule has 0 aliphatic rings. The maximum atomic E-state index is 12.2. The summed E-state index contributed by atoms with van der Waals surface area (Å²) < 4.78 is 5.61. The number of hydrogen-bond acceptors (Lipinski definition) is 4. The Bertz CT molecular complexity index is 787. The maximum absolute atomic E-state index is 12.2. The highest BCUT2D eigenvalue weighted by Crippen LogP contribution is 2.18. The lowest BCUT2D eigenvalue weighted by atomic mass is 10.1. The predicted molar refractivity (Wildman–Crippen MR) is 97.6 cm³/mol. The van der Waals surface area contributed by atoms with Gasteiger partial charge in [0.15, 0.2) is 0 Å². The van der Waals surface area contributed by atoms with E-state index in [4.69, 9.17) is 9.84 Å². The van der Waals surface area contributed by atoms with Crippen LogP contribution in [0.4, 0.5) is 0 Å². The second-order valence-corrected chi connectivity index (χ2v) is 5.63. The monoisotopic (exact) mass is 355 g/mol. The SMILES string of the molecule is C=CCc1ccccc1OC[C@@H](O)CNC(=O)c1ccccc1C(=O)O. The molecule has 3 N–H and O–H groups in total. The van der Waals surface area contributed by atoms with Crippen LogP contribution in [0.5, 0.6) is 5.75 Å². The van der Waals surface area contributed by atoms with Gasteiger partial charge in [0.1, 0.15) is 18.5 Å². The molecule has 0 bridgehead atoms. The predicted octanol–water partition coefficient (Wildman–Crippen LogP) is 2.28. The molecule has 1 amide bonds. The van der Waals surface area contributed by atoms with E-state index in [0.29, 0.717) is 12.2 Å². The second-order valence-electron chi connectivity index (χ2n) is 5.63. The van der Waals surface area contributed by atoms with E-state index < -0.39 is 18.0 Å². The number of hydrogen-bond donors (Lipinski definition) is 3. The highest BCUT2D eigenvalue weighted by atomic mass is 16.5. The molecule has 26 heavy (non-hydrogen) atoms. The number of carboxylic acid groups (broad SMARTS) is 1. The van der Waals surface area contributed by atoms with E-state index >= 15 is 0 Å². The maximum Gasteiger partial charge on any atom is 0.336 e. The fourth-order valence-electron chi connectivity index (χ4n) is 2.39. The number of para-hydroxylation sites is 1. The first kappa shape index (κ1) is 19.2. The minimum atomic E-state index is -1.18. The van der Waals surface area contributed by atoms with Crippen molar-refractivity contribution in [3.63, 3.8) is 0 Å². The Balaban J connectivity index is 1.89. The largest absolute Gasteiger partial charge is 0.491 e. The number of aromatic carboxylic acids is 1. The number of carboxylic acids is 1. The molecule has 0 spiro atoms. The molecule has 0 radical (unpaired) electrons. The van der Waals surface area contributed by atoms with Crippen LogP contribution in [-0.4, -0.2) is 41.3 Å². The average molecular weight is 355 g/mol. The number of carbonyl (C=O) groups excluding carboxylic acids is 1. The Morgan fingerprint density at radius 2 is 1.77 bits per heavy atom. The summed E-state index contributed by atoms with van der Waals surface area (Å²) in [6, 6.07) is 13.3. The van der Waals surface area contributed by atoms with Gasteiger partial charge in [0.2, 0.25) is 0 Å². The number of ether oxygens (including phenoxy) is 1. The van der Waals surface area contributed by atoms with Gasteiger partial charge in [-0.3, -0.25) is 4.79 Å². The molecule has 0 aliphatic carbocycles. The normalized spacial score (nSPS) is 11.4. The van der Waals surface area contributed by atoms with E-state index in [2.05, 4.69) is 11.9 Å². The molecule has 2 rings (SSSR count). The van der Waals surface area contributed by atoms with E-state index in [-0.39, 0.29) is 24.3 Å². The molecule has 6 nitrogen and oxygen atoms in total. The van der Waals surface area contributed by atoms with Crippen LogP contribution in [0.3, 0.4) is 0 Å². The molecule has 0 fully saturated rings. The quantitative estimate of drug-likeness (QED) is 0.600. The fraction of sp³-hybridized carbons (Fsp3) is 0.200. The Morgan fingerprint density at radius 3 is 2.46 bits per heavy atom. The standard InChI is InChI=1S/C20H21NO5/c1-2-7-14-8-3-6-11-18(14)26-13-15(22)12-21-19(23)16-9-4-5-10-17(16)20(24)25/h2-6,8-11,15,22H,1,7,12-13H2,(H,21,23)(H,24,25)/t15-/m0/s1. The van der Waals surface area contributed by atoms with Crippen molar-refractivity contribution in [1.29, 1.82) is 0 Å². The van der Waals surface area contributed by atoms with E-state index in [0.717, 1.165) is 5.56 Å². The van der Waals surface area contributed by atoms with Crippen molar-refractivity contribution in [3.8, 4) is 5.75 Å². The molecule has 6 heteroatoms. The van der Waals surface area contributed by atoms with Gasteiger partial charge in [-0.1, -0.05) is 36.4 Å². The Kier molecular flexibility index (Phi) is 6.93. The summed E-state index contributed by atoms with van der Waals surface area (Å²) in [4.78, 5) is 23.3. The van der Waals surface area contributed by atoms with Gasteiger partial charge in [-0.15, -0.1) is 6.58 Å². The van der Waals surface area contributed by atoms with Crippen LogP contribution in [0.2, 0.25) is 0 Å². The third-order valence-corrected chi connectivity index (χ3v) is 3.67. The van der Waals surface area contributed by atoms with Gasteiger partial charge in [-0.25, -0.2) is 4.79 Å². The summed E-state index contributed by atoms with van der Waals surface area (Å²) >= 11 is 0. The van der Waals surface area contributed by atoms with Crippen molar-refractivity contribution in [2.24, 2.45) is 0 Å². The molecular weight excluding hydrogens is 334 g/mol. The van der Waals surface area contributed by atoms with Crippen molar-refractivity contribution in [1.82, 2.24) is 5.32 Å². The van der Waals surface area contributed by atoms with Gasteiger partial charge in [0.05, 0.1) is 11.1 Å². The van der Waals surface area contributed by atoms with Crippen LogP contribution in [0.25, 0.3) is 0 Å². The zero-order chi connectivity index (χ0) is 18.9. The minimum absolute atomic E-state index is 0.00495. The number of benzene rings is 2. The molecule has 0 saturated heterocycles. The van der Waals surface area contributed by atoms with Crippen LogP contribution in [0.15, 0.2) is 61.2 Å².